The van der Waals surface area contributed by atoms with Crippen LogP contribution in [0.4, 0.5) is 0 Å². The quantitative estimate of drug-likeness (QED) is 0.793. The van der Waals surface area contributed by atoms with E-state index in [1.165, 1.54) is 29.7 Å². The van der Waals surface area contributed by atoms with Crippen molar-refractivity contribution in [3.8, 4) is 0 Å². The van der Waals surface area contributed by atoms with Gasteiger partial charge in [0.1, 0.15) is 5.01 Å². The van der Waals surface area contributed by atoms with Crippen LogP contribution < -0.4 is 5.73 Å². The molecular weight excluding hydrogens is 204 g/mol. The van der Waals surface area contributed by atoms with Crippen LogP contribution >= 0.6 is 11.3 Å². The fourth-order valence-corrected chi connectivity index (χ4v) is 2.91. The molecule has 0 radical (unpaired) electrons. The maximum absolute atomic E-state index is 5.96. The molecule has 2 nitrogen and oxygen atoms in total. The van der Waals surface area contributed by atoms with Gasteiger partial charge < -0.3 is 5.73 Å². The summed E-state index contributed by atoms with van der Waals surface area (Å²) < 4.78 is 0. The SMILES string of the molecule is Cc1nc(C=C2CCCC(N)C2)sc1C. The Morgan fingerprint density at radius 3 is 2.87 bits per heavy atom. The Hall–Kier alpha value is -0.670. The molecule has 0 spiro atoms. The first kappa shape index (κ1) is 10.8. The molecule has 2 rings (SSSR count). The van der Waals surface area contributed by atoms with E-state index in [1.54, 1.807) is 11.3 Å². The number of nitrogens with zero attached hydrogens (tertiary/aromatic N) is 1. The monoisotopic (exact) mass is 222 g/mol. The summed E-state index contributed by atoms with van der Waals surface area (Å²) in [5, 5.41) is 1.15. The van der Waals surface area contributed by atoms with Crippen molar-refractivity contribution in [3.63, 3.8) is 0 Å². The van der Waals surface area contributed by atoms with Gasteiger partial charge in [-0.3, -0.25) is 0 Å². The second-order valence-corrected chi connectivity index (χ2v) is 5.59. The van der Waals surface area contributed by atoms with Gasteiger partial charge in [-0.15, -0.1) is 11.3 Å². The van der Waals surface area contributed by atoms with Gasteiger partial charge in [0.25, 0.3) is 0 Å². The average Bonchev–Trinajstić information content (AvgIpc) is 2.45. The van der Waals surface area contributed by atoms with Crippen LogP contribution in [-0.4, -0.2) is 11.0 Å². The van der Waals surface area contributed by atoms with E-state index in [1.807, 2.05) is 0 Å². The van der Waals surface area contributed by atoms with Crippen molar-refractivity contribution in [2.45, 2.75) is 45.6 Å². The van der Waals surface area contributed by atoms with Gasteiger partial charge >= 0.3 is 0 Å². The minimum Gasteiger partial charge on any atom is -0.327 e. The predicted octanol–water partition coefficient (Wildman–Crippen LogP) is 3.04. The van der Waals surface area contributed by atoms with Crippen LogP contribution in [0.3, 0.4) is 0 Å². The van der Waals surface area contributed by atoms with Crippen LogP contribution in [0.5, 0.6) is 0 Å². The molecule has 1 heterocycles. The van der Waals surface area contributed by atoms with E-state index in [9.17, 15) is 0 Å². The molecule has 1 atom stereocenters. The zero-order chi connectivity index (χ0) is 10.8. The number of hydrogen-bond acceptors (Lipinski definition) is 3. The zero-order valence-electron chi connectivity index (χ0n) is 9.42. The first-order valence-electron chi connectivity index (χ1n) is 5.54. The van der Waals surface area contributed by atoms with Crippen molar-refractivity contribution in [1.29, 1.82) is 0 Å². The van der Waals surface area contributed by atoms with Gasteiger partial charge in [-0.05, 0) is 45.6 Å². The summed E-state index contributed by atoms with van der Waals surface area (Å²) in [6.45, 7) is 4.20. The Morgan fingerprint density at radius 2 is 2.27 bits per heavy atom. The standard InChI is InChI=1S/C12H18N2S/c1-8-9(2)15-12(14-8)7-10-4-3-5-11(13)6-10/h7,11H,3-6,13H2,1-2H3. The molecular formula is C12H18N2S. The molecule has 2 N–H and O–H groups in total. The molecule has 1 fully saturated rings. The van der Waals surface area contributed by atoms with Crippen molar-refractivity contribution < 1.29 is 0 Å². The van der Waals surface area contributed by atoms with E-state index in [0.717, 1.165) is 17.1 Å². The van der Waals surface area contributed by atoms with Crippen molar-refractivity contribution in [2.24, 2.45) is 5.73 Å². The summed E-state index contributed by atoms with van der Waals surface area (Å²) in [6.07, 6.45) is 6.90. The summed E-state index contributed by atoms with van der Waals surface area (Å²) in [4.78, 5) is 5.85. The largest absolute Gasteiger partial charge is 0.327 e. The van der Waals surface area contributed by atoms with Gasteiger partial charge in [0.2, 0.25) is 0 Å². The lowest BCUT2D eigenvalue weighted by atomic mass is 9.91. The molecule has 1 aliphatic rings. The summed E-state index contributed by atoms with van der Waals surface area (Å²) in [5.74, 6) is 0. The first-order valence-corrected chi connectivity index (χ1v) is 6.36. The van der Waals surface area contributed by atoms with Gasteiger partial charge in [0.05, 0.1) is 5.69 Å². The fraction of sp³-hybridized carbons (Fsp3) is 0.583. The molecule has 82 valence electrons. The summed E-state index contributed by atoms with van der Waals surface area (Å²) in [6, 6.07) is 0.368. The third-order valence-electron chi connectivity index (χ3n) is 2.97. The lowest BCUT2D eigenvalue weighted by Gasteiger charge is -2.19. The third kappa shape index (κ3) is 2.67. The van der Waals surface area contributed by atoms with E-state index in [2.05, 4.69) is 24.9 Å². The predicted molar refractivity (Wildman–Crippen MR) is 66.0 cm³/mol. The highest BCUT2D eigenvalue weighted by atomic mass is 32.1. The van der Waals surface area contributed by atoms with E-state index in [0.29, 0.717) is 6.04 Å². The molecule has 1 aromatic rings. The summed E-state index contributed by atoms with van der Waals surface area (Å²) >= 11 is 1.78. The summed E-state index contributed by atoms with van der Waals surface area (Å²) in [7, 11) is 0. The lowest BCUT2D eigenvalue weighted by molar-refractivity contribution is 0.520. The third-order valence-corrected chi connectivity index (χ3v) is 3.99. The van der Waals surface area contributed by atoms with E-state index in [4.69, 9.17) is 5.73 Å². The normalized spacial score (nSPS) is 24.7. The number of rotatable bonds is 1. The molecule has 3 heteroatoms. The maximum atomic E-state index is 5.96. The van der Waals surface area contributed by atoms with Crippen LogP contribution in [-0.2, 0) is 0 Å². The molecule has 0 saturated heterocycles. The first-order chi connectivity index (χ1) is 7.15. The Morgan fingerprint density at radius 1 is 1.47 bits per heavy atom. The second-order valence-electron chi connectivity index (χ2n) is 4.35. The molecule has 0 bridgehead atoms. The van der Waals surface area contributed by atoms with Gasteiger partial charge in [-0.25, -0.2) is 4.98 Å². The van der Waals surface area contributed by atoms with Gasteiger partial charge in [0.15, 0.2) is 0 Å². The van der Waals surface area contributed by atoms with Crippen LogP contribution in [0.1, 0.15) is 41.3 Å². The molecule has 1 unspecified atom stereocenters. The number of hydrogen-bond donors (Lipinski definition) is 1. The van der Waals surface area contributed by atoms with E-state index >= 15 is 0 Å². The van der Waals surface area contributed by atoms with Gasteiger partial charge in [0, 0.05) is 10.9 Å². The van der Waals surface area contributed by atoms with Crippen molar-refractivity contribution in [1.82, 2.24) is 4.98 Å². The zero-order valence-corrected chi connectivity index (χ0v) is 10.2. The highest BCUT2D eigenvalue weighted by molar-refractivity contribution is 7.12. The van der Waals surface area contributed by atoms with E-state index in [-0.39, 0.29) is 0 Å². The average molecular weight is 222 g/mol. The number of nitrogens with two attached hydrogens (primary N) is 1. The maximum Gasteiger partial charge on any atom is 0.116 e. The van der Waals surface area contributed by atoms with Crippen LogP contribution in [0.15, 0.2) is 5.57 Å². The smallest absolute Gasteiger partial charge is 0.116 e. The minimum absolute atomic E-state index is 0.368. The van der Waals surface area contributed by atoms with Crippen molar-refractivity contribution in [3.05, 3.63) is 21.2 Å². The van der Waals surface area contributed by atoms with E-state index < -0.39 is 0 Å². The molecule has 1 aromatic heterocycles. The number of aryl methyl sites for hydroxylation is 2. The van der Waals surface area contributed by atoms with Crippen molar-refractivity contribution >= 4 is 17.4 Å². The number of thiazole rings is 1. The fourth-order valence-electron chi connectivity index (χ4n) is 2.00. The summed E-state index contributed by atoms with van der Waals surface area (Å²) in [5.41, 5.74) is 8.59. The Labute approximate surface area is 95.2 Å². The molecule has 15 heavy (non-hydrogen) atoms. The molecule has 0 amide bonds. The van der Waals surface area contributed by atoms with Gasteiger partial charge in [-0.2, -0.15) is 0 Å². The van der Waals surface area contributed by atoms with Crippen LogP contribution in [0, 0.1) is 13.8 Å². The Balaban J connectivity index is 2.14. The van der Waals surface area contributed by atoms with Crippen LogP contribution in [0.2, 0.25) is 0 Å². The molecule has 0 aromatic carbocycles. The highest BCUT2D eigenvalue weighted by Gasteiger charge is 2.13. The van der Waals surface area contributed by atoms with Crippen molar-refractivity contribution in [2.75, 3.05) is 0 Å². The van der Waals surface area contributed by atoms with Crippen LogP contribution in [0.25, 0.3) is 6.08 Å². The second kappa shape index (κ2) is 4.45. The Bertz CT molecular complexity index is 359. The Kier molecular flexibility index (Phi) is 3.22. The molecule has 1 saturated carbocycles. The number of aromatic nitrogens is 1. The minimum atomic E-state index is 0.368. The van der Waals surface area contributed by atoms with Gasteiger partial charge in [-0.1, -0.05) is 5.57 Å². The lowest BCUT2D eigenvalue weighted by Crippen LogP contribution is -2.23. The molecule has 0 aliphatic heterocycles. The topological polar surface area (TPSA) is 38.9 Å². The highest BCUT2D eigenvalue weighted by Crippen LogP contribution is 2.26. The molecule has 1 aliphatic carbocycles.